The van der Waals surface area contributed by atoms with E-state index in [1.165, 1.54) is 0 Å². The molecule has 2 aromatic rings. The van der Waals surface area contributed by atoms with E-state index in [1.807, 2.05) is 36.1 Å². The first-order valence-electron chi connectivity index (χ1n) is 8.35. The number of ether oxygens (including phenoxy) is 1. The highest BCUT2D eigenvalue weighted by Gasteiger charge is 2.25. The Morgan fingerprint density at radius 2 is 2.08 bits per heavy atom. The topological polar surface area (TPSA) is 101 Å². The lowest BCUT2D eigenvalue weighted by Gasteiger charge is -2.31. The maximum Gasteiger partial charge on any atom is 0.269 e. The van der Waals surface area contributed by atoms with Crippen LogP contribution in [-0.2, 0) is 4.79 Å². The lowest BCUT2D eigenvalue weighted by Crippen LogP contribution is -2.40. The number of primary amides is 1. The number of nitrogens with two attached hydrogens (primary N) is 1. The van der Waals surface area contributed by atoms with Crippen LogP contribution in [0.15, 0.2) is 30.3 Å². The molecule has 7 nitrogen and oxygen atoms in total. The van der Waals surface area contributed by atoms with Gasteiger partial charge in [-0.15, -0.1) is 0 Å². The van der Waals surface area contributed by atoms with E-state index >= 15 is 0 Å². The number of nitrogens with zero attached hydrogens (tertiary/aromatic N) is 2. The van der Waals surface area contributed by atoms with Crippen LogP contribution >= 0.6 is 0 Å². The Balaban J connectivity index is 1.49. The summed E-state index contributed by atoms with van der Waals surface area (Å²) in [6.07, 6.45) is 1.63. The lowest BCUT2D eigenvalue weighted by molar-refractivity contribution is -0.134. The number of hydrogen-bond donors (Lipinski definition) is 2. The molecular weight excluding hydrogens is 320 g/mol. The highest BCUT2D eigenvalue weighted by Crippen LogP contribution is 2.27. The van der Waals surface area contributed by atoms with Gasteiger partial charge in [0.05, 0.1) is 0 Å². The first kappa shape index (κ1) is 17.0. The molecule has 1 aliphatic rings. The molecule has 0 atom stereocenters. The van der Waals surface area contributed by atoms with Crippen molar-refractivity contribution in [3.63, 3.8) is 0 Å². The van der Waals surface area contributed by atoms with Crippen LogP contribution in [0.5, 0.6) is 5.75 Å². The van der Waals surface area contributed by atoms with Gasteiger partial charge in [-0.25, -0.2) is 0 Å². The van der Waals surface area contributed by atoms with E-state index in [-0.39, 0.29) is 24.1 Å². The van der Waals surface area contributed by atoms with Gasteiger partial charge in [0.25, 0.3) is 11.8 Å². The number of aromatic amines is 1. The van der Waals surface area contributed by atoms with Gasteiger partial charge in [-0.3, -0.25) is 14.7 Å². The monoisotopic (exact) mass is 342 g/mol. The van der Waals surface area contributed by atoms with Crippen LogP contribution in [-0.4, -0.2) is 46.6 Å². The molecule has 1 aromatic heterocycles. The number of carbonyl (C=O) groups excluding carboxylic acids is 2. The van der Waals surface area contributed by atoms with Gasteiger partial charge in [0.1, 0.15) is 11.4 Å². The van der Waals surface area contributed by atoms with Crippen LogP contribution in [0.3, 0.4) is 0 Å². The summed E-state index contributed by atoms with van der Waals surface area (Å²) in [4.78, 5) is 25.3. The molecule has 0 unspecified atom stereocenters. The molecule has 1 aromatic carbocycles. The second kappa shape index (κ2) is 7.38. The smallest absolute Gasteiger partial charge is 0.269 e. The molecule has 3 N–H and O–H groups in total. The Labute approximate surface area is 146 Å². The normalized spacial score (nSPS) is 15.2. The number of benzene rings is 1. The third kappa shape index (κ3) is 4.17. The summed E-state index contributed by atoms with van der Waals surface area (Å²) in [6, 6.07) is 9.35. The third-order valence-corrected chi connectivity index (χ3v) is 4.49. The van der Waals surface area contributed by atoms with Crippen LogP contribution in [0.2, 0.25) is 0 Å². The summed E-state index contributed by atoms with van der Waals surface area (Å²) in [6.45, 7) is 3.35. The van der Waals surface area contributed by atoms with Crippen molar-refractivity contribution in [3.8, 4) is 5.75 Å². The second-order valence-electron chi connectivity index (χ2n) is 6.33. The quantitative estimate of drug-likeness (QED) is 0.862. The molecule has 1 saturated heterocycles. The lowest BCUT2D eigenvalue weighted by atomic mass is 9.93. The number of nitrogens with one attached hydrogen (secondary N) is 1. The zero-order chi connectivity index (χ0) is 17.8. The first-order chi connectivity index (χ1) is 12.0. The molecule has 1 aliphatic heterocycles. The Morgan fingerprint density at radius 3 is 2.72 bits per heavy atom. The van der Waals surface area contributed by atoms with Gasteiger partial charge in [-0.2, -0.15) is 5.10 Å². The Kier molecular flexibility index (Phi) is 5.02. The molecule has 2 heterocycles. The van der Waals surface area contributed by atoms with Gasteiger partial charge in [-0.1, -0.05) is 12.1 Å². The van der Waals surface area contributed by atoms with Crippen LogP contribution < -0.4 is 10.5 Å². The Morgan fingerprint density at radius 1 is 1.32 bits per heavy atom. The van der Waals surface area contributed by atoms with E-state index in [0.29, 0.717) is 18.8 Å². The molecule has 25 heavy (non-hydrogen) atoms. The fourth-order valence-electron chi connectivity index (χ4n) is 3.05. The number of likely N-dealkylation sites (tertiary alicyclic amines) is 1. The maximum absolute atomic E-state index is 12.3. The number of piperidine rings is 1. The van der Waals surface area contributed by atoms with Gasteiger partial charge in [-0.05, 0) is 43.5 Å². The predicted octanol–water partition coefficient (Wildman–Crippen LogP) is 1.60. The summed E-state index contributed by atoms with van der Waals surface area (Å²) in [5.74, 6) is 0.410. The number of carbonyl (C=O) groups is 2. The fraction of sp³-hybridized carbons (Fsp3) is 0.389. The van der Waals surface area contributed by atoms with Crippen molar-refractivity contribution in [1.29, 1.82) is 0 Å². The van der Waals surface area contributed by atoms with Crippen molar-refractivity contribution in [3.05, 3.63) is 47.3 Å². The van der Waals surface area contributed by atoms with Crippen LogP contribution in [0.25, 0.3) is 0 Å². The minimum atomic E-state index is -0.539. The van der Waals surface area contributed by atoms with Crippen molar-refractivity contribution in [2.24, 2.45) is 5.73 Å². The fourth-order valence-corrected chi connectivity index (χ4v) is 3.05. The summed E-state index contributed by atoms with van der Waals surface area (Å²) in [7, 11) is 0. The second-order valence-corrected chi connectivity index (χ2v) is 6.33. The molecule has 0 aliphatic carbocycles. The molecule has 2 amide bonds. The van der Waals surface area contributed by atoms with Crippen molar-refractivity contribution in [2.75, 3.05) is 19.7 Å². The predicted molar refractivity (Wildman–Crippen MR) is 92.3 cm³/mol. The average molecular weight is 342 g/mol. The summed E-state index contributed by atoms with van der Waals surface area (Å²) in [5, 5.41) is 6.79. The van der Waals surface area contributed by atoms with E-state index in [2.05, 4.69) is 10.2 Å². The molecule has 3 rings (SSSR count). The molecule has 0 saturated carbocycles. The first-order valence-corrected chi connectivity index (χ1v) is 8.35. The molecule has 0 radical (unpaired) electrons. The van der Waals surface area contributed by atoms with Crippen molar-refractivity contribution >= 4 is 11.8 Å². The Hall–Kier alpha value is -2.83. The number of amides is 2. The number of hydrogen-bond acceptors (Lipinski definition) is 4. The zero-order valence-electron chi connectivity index (χ0n) is 14.2. The largest absolute Gasteiger partial charge is 0.484 e. The summed E-state index contributed by atoms with van der Waals surface area (Å²) >= 11 is 0. The van der Waals surface area contributed by atoms with Gasteiger partial charge in [0.15, 0.2) is 6.61 Å². The van der Waals surface area contributed by atoms with Crippen LogP contribution in [0.4, 0.5) is 0 Å². The zero-order valence-corrected chi connectivity index (χ0v) is 14.2. The molecule has 7 heteroatoms. The minimum Gasteiger partial charge on any atom is -0.484 e. The third-order valence-electron chi connectivity index (χ3n) is 4.49. The van der Waals surface area contributed by atoms with E-state index in [9.17, 15) is 9.59 Å². The van der Waals surface area contributed by atoms with Crippen molar-refractivity contribution < 1.29 is 14.3 Å². The van der Waals surface area contributed by atoms with Gasteiger partial charge >= 0.3 is 0 Å². The molecule has 0 bridgehead atoms. The van der Waals surface area contributed by atoms with E-state index < -0.39 is 5.91 Å². The summed E-state index contributed by atoms with van der Waals surface area (Å²) in [5.41, 5.74) is 7.47. The molecular formula is C18H22N4O3. The van der Waals surface area contributed by atoms with E-state index in [1.54, 1.807) is 6.07 Å². The number of aromatic nitrogens is 2. The van der Waals surface area contributed by atoms with Gasteiger partial charge < -0.3 is 15.4 Å². The molecule has 132 valence electrons. The van der Waals surface area contributed by atoms with Gasteiger partial charge in [0, 0.05) is 24.7 Å². The van der Waals surface area contributed by atoms with E-state index in [0.717, 1.165) is 24.1 Å². The number of aryl methyl sites for hydroxylation is 1. The highest BCUT2D eigenvalue weighted by molar-refractivity contribution is 5.90. The molecule has 0 spiro atoms. The SMILES string of the molecule is Cc1cccc(OCC(=O)N2CCC(c3cc(C(N)=O)n[nH]3)CC2)c1. The van der Waals surface area contributed by atoms with Crippen LogP contribution in [0, 0.1) is 6.92 Å². The minimum absolute atomic E-state index is 0.0117. The van der Waals surface area contributed by atoms with Crippen molar-refractivity contribution in [2.45, 2.75) is 25.7 Å². The number of H-pyrrole nitrogens is 1. The standard InChI is InChI=1S/C18H22N4O3/c1-12-3-2-4-14(9-12)25-11-17(23)22-7-5-13(6-8-22)15-10-16(18(19)24)21-20-15/h2-4,9-10,13H,5-8,11H2,1H3,(H2,19,24)(H,20,21). The Bertz CT molecular complexity index is 763. The van der Waals surface area contributed by atoms with E-state index in [4.69, 9.17) is 10.5 Å². The van der Waals surface area contributed by atoms with Crippen molar-refractivity contribution in [1.82, 2.24) is 15.1 Å². The van der Waals surface area contributed by atoms with Gasteiger partial charge in [0.2, 0.25) is 0 Å². The maximum atomic E-state index is 12.3. The summed E-state index contributed by atoms with van der Waals surface area (Å²) < 4.78 is 5.58. The highest BCUT2D eigenvalue weighted by atomic mass is 16.5. The number of rotatable bonds is 5. The van der Waals surface area contributed by atoms with Crippen LogP contribution in [0.1, 0.15) is 40.5 Å². The molecule has 1 fully saturated rings. The average Bonchev–Trinajstić information content (AvgIpc) is 3.10.